The molecule has 54 valence electrons. The minimum atomic E-state index is 1.06. The first-order valence-corrected chi connectivity index (χ1v) is 4.42. The highest BCUT2D eigenvalue weighted by molar-refractivity contribution is 5.02. The van der Waals surface area contributed by atoms with Gasteiger partial charge < -0.3 is 0 Å². The van der Waals surface area contributed by atoms with E-state index in [2.05, 4.69) is 11.8 Å². The van der Waals surface area contributed by atoms with Crippen molar-refractivity contribution in [1.29, 1.82) is 0 Å². The Morgan fingerprint density at radius 3 is 1.60 bits per heavy atom. The fourth-order valence-corrected chi connectivity index (χ4v) is 2.09. The summed E-state index contributed by atoms with van der Waals surface area (Å²) in [6.07, 6.45) is 8.09. The van der Waals surface area contributed by atoms with Crippen LogP contribution in [0.25, 0.3) is 0 Å². The Kier molecular flexibility index (Phi) is 1.67. The molecule has 0 saturated heterocycles. The molecule has 2 atom stereocenters. The Bertz CT molecular complexity index is 152. The van der Waals surface area contributed by atoms with Gasteiger partial charge in [0.2, 0.25) is 0 Å². The van der Waals surface area contributed by atoms with Gasteiger partial charge in [0.05, 0.1) is 0 Å². The van der Waals surface area contributed by atoms with Crippen LogP contribution < -0.4 is 0 Å². The molecule has 0 heterocycles. The van der Waals surface area contributed by atoms with E-state index in [9.17, 15) is 0 Å². The molecular weight excluding hydrogens is 120 g/mol. The topological polar surface area (TPSA) is 0 Å². The zero-order valence-electron chi connectivity index (χ0n) is 6.40. The largest absolute Gasteiger partial charge is 0.103 e. The second kappa shape index (κ2) is 2.66. The molecule has 0 aromatic heterocycles. The zero-order valence-corrected chi connectivity index (χ0v) is 6.40. The maximum atomic E-state index is 3.22. The zero-order chi connectivity index (χ0) is 6.81. The fourth-order valence-electron chi connectivity index (χ4n) is 2.09. The molecular formula is C10H14. The number of rotatable bonds is 0. The molecule has 2 aliphatic carbocycles. The molecule has 0 aromatic carbocycles. The van der Waals surface area contributed by atoms with E-state index < -0.39 is 0 Å². The van der Waals surface area contributed by atoms with Crippen LogP contribution in [0, 0.1) is 23.7 Å². The van der Waals surface area contributed by atoms with Gasteiger partial charge in [-0.1, -0.05) is 0 Å². The lowest BCUT2D eigenvalue weighted by Crippen LogP contribution is -2.25. The number of hydrogen-bond donors (Lipinski definition) is 0. The summed E-state index contributed by atoms with van der Waals surface area (Å²) in [5.41, 5.74) is 0. The SMILES string of the molecule is C1#CCC[C@H]2CC[C@@H]2CC1. The van der Waals surface area contributed by atoms with Crippen LogP contribution in [0.4, 0.5) is 0 Å². The first-order chi connectivity index (χ1) is 4.97. The number of fused-ring (bicyclic) bond motifs is 1. The first kappa shape index (κ1) is 6.28. The summed E-state index contributed by atoms with van der Waals surface area (Å²) >= 11 is 0. The van der Waals surface area contributed by atoms with Crippen molar-refractivity contribution in [3.05, 3.63) is 0 Å². The molecule has 2 rings (SSSR count). The Hall–Kier alpha value is -0.440. The van der Waals surface area contributed by atoms with Crippen LogP contribution >= 0.6 is 0 Å². The van der Waals surface area contributed by atoms with E-state index in [-0.39, 0.29) is 0 Å². The van der Waals surface area contributed by atoms with E-state index in [0.717, 1.165) is 11.8 Å². The molecule has 0 radical (unpaired) electrons. The summed E-state index contributed by atoms with van der Waals surface area (Å²) < 4.78 is 0. The summed E-state index contributed by atoms with van der Waals surface area (Å²) in [5.74, 6) is 8.57. The third-order valence-electron chi connectivity index (χ3n) is 2.98. The van der Waals surface area contributed by atoms with E-state index in [1.54, 1.807) is 0 Å². The molecule has 0 unspecified atom stereocenters. The lowest BCUT2D eigenvalue weighted by Gasteiger charge is -2.36. The quantitative estimate of drug-likeness (QED) is 0.447. The molecule has 2 aliphatic rings. The van der Waals surface area contributed by atoms with Crippen LogP contribution in [0.2, 0.25) is 0 Å². The standard InChI is InChI=1S/C10H14/c1-2-4-6-10-8-7-9(10)5-3-1/h9-10H,3-8H2/t9-,10-/m0/s1. The summed E-state index contributed by atoms with van der Waals surface area (Å²) in [5, 5.41) is 0. The van der Waals surface area contributed by atoms with Crippen molar-refractivity contribution in [3.63, 3.8) is 0 Å². The van der Waals surface area contributed by atoms with Crippen LogP contribution in [0.3, 0.4) is 0 Å². The lowest BCUT2D eigenvalue weighted by molar-refractivity contribution is 0.155. The van der Waals surface area contributed by atoms with E-state index in [4.69, 9.17) is 0 Å². The minimum absolute atomic E-state index is 1.06. The molecule has 0 bridgehead atoms. The van der Waals surface area contributed by atoms with Crippen molar-refractivity contribution in [2.75, 3.05) is 0 Å². The smallest absolute Gasteiger partial charge is 0.00914 e. The third-order valence-corrected chi connectivity index (χ3v) is 2.98. The molecule has 0 heteroatoms. The minimum Gasteiger partial charge on any atom is -0.103 e. The van der Waals surface area contributed by atoms with E-state index in [0.29, 0.717) is 0 Å². The van der Waals surface area contributed by atoms with Crippen molar-refractivity contribution < 1.29 is 0 Å². The van der Waals surface area contributed by atoms with Crippen LogP contribution in [0.15, 0.2) is 0 Å². The van der Waals surface area contributed by atoms with Crippen LogP contribution in [0.1, 0.15) is 38.5 Å². The second-order valence-corrected chi connectivity index (χ2v) is 3.53. The van der Waals surface area contributed by atoms with Gasteiger partial charge in [0.15, 0.2) is 0 Å². The molecule has 1 saturated carbocycles. The lowest BCUT2D eigenvalue weighted by atomic mass is 9.69. The Labute approximate surface area is 63.0 Å². The highest BCUT2D eigenvalue weighted by Crippen LogP contribution is 2.40. The number of hydrogen-bond acceptors (Lipinski definition) is 0. The van der Waals surface area contributed by atoms with Crippen molar-refractivity contribution in [1.82, 2.24) is 0 Å². The molecule has 0 nitrogen and oxygen atoms in total. The Balaban J connectivity index is 1.96. The predicted octanol–water partition coefficient (Wildman–Crippen LogP) is 2.59. The van der Waals surface area contributed by atoms with Gasteiger partial charge in [-0.15, -0.1) is 11.8 Å². The average molecular weight is 134 g/mol. The van der Waals surface area contributed by atoms with Gasteiger partial charge in [-0.25, -0.2) is 0 Å². The maximum absolute atomic E-state index is 3.22. The van der Waals surface area contributed by atoms with Gasteiger partial charge in [0, 0.05) is 12.8 Å². The summed E-state index contributed by atoms with van der Waals surface area (Å²) in [4.78, 5) is 0. The van der Waals surface area contributed by atoms with Gasteiger partial charge in [-0.05, 0) is 37.5 Å². The van der Waals surface area contributed by atoms with E-state index in [1.165, 1.54) is 38.5 Å². The van der Waals surface area contributed by atoms with E-state index in [1.807, 2.05) is 0 Å². The predicted molar refractivity (Wildman–Crippen MR) is 42.5 cm³/mol. The molecule has 0 spiro atoms. The highest BCUT2D eigenvalue weighted by atomic mass is 14.3. The van der Waals surface area contributed by atoms with Crippen LogP contribution in [-0.4, -0.2) is 0 Å². The molecule has 0 amide bonds. The Morgan fingerprint density at radius 2 is 1.20 bits per heavy atom. The molecule has 0 N–H and O–H groups in total. The Morgan fingerprint density at radius 1 is 0.700 bits per heavy atom. The second-order valence-electron chi connectivity index (χ2n) is 3.53. The van der Waals surface area contributed by atoms with Gasteiger partial charge in [-0.3, -0.25) is 0 Å². The summed E-state index contributed by atoms with van der Waals surface area (Å²) in [7, 11) is 0. The summed E-state index contributed by atoms with van der Waals surface area (Å²) in [6.45, 7) is 0. The molecule has 1 fully saturated rings. The first-order valence-electron chi connectivity index (χ1n) is 4.42. The van der Waals surface area contributed by atoms with Crippen LogP contribution in [0.5, 0.6) is 0 Å². The van der Waals surface area contributed by atoms with Crippen molar-refractivity contribution in [3.8, 4) is 11.8 Å². The molecule has 0 aromatic rings. The fraction of sp³-hybridized carbons (Fsp3) is 0.800. The normalized spacial score (nSPS) is 37.6. The average Bonchev–Trinajstić information content (AvgIpc) is 1.89. The molecule has 10 heavy (non-hydrogen) atoms. The van der Waals surface area contributed by atoms with Crippen molar-refractivity contribution >= 4 is 0 Å². The molecule has 0 aliphatic heterocycles. The summed E-state index contributed by atoms with van der Waals surface area (Å²) in [6, 6.07) is 0. The van der Waals surface area contributed by atoms with Crippen molar-refractivity contribution in [2.45, 2.75) is 38.5 Å². The van der Waals surface area contributed by atoms with Gasteiger partial charge in [0.25, 0.3) is 0 Å². The van der Waals surface area contributed by atoms with Gasteiger partial charge >= 0.3 is 0 Å². The monoisotopic (exact) mass is 134 g/mol. The maximum Gasteiger partial charge on any atom is 0.00914 e. The third kappa shape index (κ3) is 1.06. The van der Waals surface area contributed by atoms with E-state index >= 15 is 0 Å². The van der Waals surface area contributed by atoms with Crippen molar-refractivity contribution in [2.24, 2.45) is 11.8 Å². The highest BCUT2D eigenvalue weighted by Gasteiger charge is 2.29. The van der Waals surface area contributed by atoms with Crippen LogP contribution in [-0.2, 0) is 0 Å². The van der Waals surface area contributed by atoms with Gasteiger partial charge in [0.1, 0.15) is 0 Å². The van der Waals surface area contributed by atoms with Gasteiger partial charge in [-0.2, -0.15) is 0 Å².